The van der Waals surface area contributed by atoms with Gasteiger partial charge in [-0.25, -0.2) is 4.39 Å². The van der Waals surface area contributed by atoms with E-state index in [0.717, 1.165) is 12.8 Å². The number of halogens is 1. The van der Waals surface area contributed by atoms with E-state index in [1.165, 1.54) is 35.4 Å². The van der Waals surface area contributed by atoms with Crippen molar-refractivity contribution in [1.29, 1.82) is 0 Å². The van der Waals surface area contributed by atoms with Crippen LogP contribution in [0.15, 0.2) is 48.8 Å². The van der Waals surface area contributed by atoms with Gasteiger partial charge in [0, 0.05) is 44.5 Å². The Bertz CT molecular complexity index is 1030. The Kier molecular flexibility index (Phi) is 6.44. The second-order valence-corrected chi connectivity index (χ2v) is 7.68. The van der Waals surface area contributed by atoms with Gasteiger partial charge in [-0.3, -0.25) is 19.4 Å². The number of piperazine rings is 1. The first kappa shape index (κ1) is 21.5. The summed E-state index contributed by atoms with van der Waals surface area (Å²) in [4.78, 5) is 43.5. The minimum atomic E-state index is -0.579. The predicted molar refractivity (Wildman–Crippen MR) is 114 cm³/mol. The first-order valence-electron chi connectivity index (χ1n) is 10.4. The fraction of sp³-hybridized carbons (Fsp3) is 0.304. The zero-order chi connectivity index (χ0) is 22.5. The summed E-state index contributed by atoms with van der Waals surface area (Å²) in [6.45, 7) is 1.26. The van der Waals surface area contributed by atoms with Crippen LogP contribution in [0.25, 0.3) is 6.08 Å². The summed E-state index contributed by atoms with van der Waals surface area (Å²) < 4.78 is 19.8. The number of hydrogen-bond donors (Lipinski definition) is 1. The van der Waals surface area contributed by atoms with Crippen molar-refractivity contribution < 1.29 is 23.5 Å². The minimum absolute atomic E-state index is 0.0630. The molecule has 4 rings (SSSR count). The zero-order valence-electron chi connectivity index (χ0n) is 17.4. The monoisotopic (exact) mass is 438 g/mol. The summed E-state index contributed by atoms with van der Waals surface area (Å²) in [5, 5.41) is 2.68. The number of hydrogen-bond acceptors (Lipinski definition) is 5. The molecule has 1 aromatic carbocycles. The van der Waals surface area contributed by atoms with E-state index in [0.29, 0.717) is 37.5 Å². The summed E-state index contributed by atoms with van der Waals surface area (Å²) in [5.74, 6) is -1.44. The maximum atomic E-state index is 14.3. The van der Waals surface area contributed by atoms with E-state index < -0.39 is 17.6 Å². The summed E-state index contributed by atoms with van der Waals surface area (Å²) in [5.41, 5.74) is 0.514. The predicted octanol–water partition coefficient (Wildman–Crippen LogP) is 1.98. The molecule has 9 heteroatoms. The molecule has 1 N–H and O–H groups in total. The lowest BCUT2D eigenvalue weighted by Gasteiger charge is -2.33. The number of ether oxygens (including phenoxy) is 1. The van der Waals surface area contributed by atoms with Crippen molar-refractivity contribution in [3.63, 3.8) is 0 Å². The van der Waals surface area contributed by atoms with Crippen molar-refractivity contribution in [2.45, 2.75) is 18.9 Å². The number of rotatable bonds is 5. The fourth-order valence-electron chi connectivity index (χ4n) is 3.26. The summed E-state index contributed by atoms with van der Waals surface area (Å²) in [6, 6.07) is 7.91. The van der Waals surface area contributed by atoms with Crippen LogP contribution in [0.5, 0.6) is 11.5 Å². The second-order valence-electron chi connectivity index (χ2n) is 7.68. The van der Waals surface area contributed by atoms with Gasteiger partial charge >= 0.3 is 11.8 Å². The Morgan fingerprint density at radius 3 is 2.50 bits per heavy atom. The van der Waals surface area contributed by atoms with Crippen molar-refractivity contribution in [2.75, 3.05) is 26.2 Å². The van der Waals surface area contributed by atoms with Gasteiger partial charge < -0.3 is 19.9 Å². The molecule has 3 amide bonds. The molecule has 8 nitrogen and oxygen atoms in total. The molecule has 0 radical (unpaired) electrons. The molecule has 0 spiro atoms. The minimum Gasteiger partial charge on any atom is -0.453 e. The highest BCUT2D eigenvalue weighted by atomic mass is 19.1. The van der Waals surface area contributed by atoms with Crippen LogP contribution in [0.1, 0.15) is 18.4 Å². The smallest absolute Gasteiger partial charge is 0.312 e. The average Bonchev–Trinajstić information content (AvgIpc) is 3.63. The van der Waals surface area contributed by atoms with Crippen molar-refractivity contribution in [3.05, 3.63) is 60.2 Å². The molecule has 1 saturated heterocycles. The maximum absolute atomic E-state index is 14.3. The van der Waals surface area contributed by atoms with Crippen LogP contribution in [-0.2, 0) is 14.4 Å². The molecule has 166 valence electrons. The number of pyridine rings is 1. The Morgan fingerprint density at radius 2 is 1.84 bits per heavy atom. The van der Waals surface area contributed by atoms with Crippen molar-refractivity contribution in [3.8, 4) is 11.5 Å². The molecule has 1 saturated carbocycles. The normalized spacial score (nSPS) is 16.2. The van der Waals surface area contributed by atoms with Gasteiger partial charge in [0.25, 0.3) is 0 Å². The van der Waals surface area contributed by atoms with E-state index >= 15 is 0 Å². The topological polar surface area (TPSA) is 91.8 Å². The molecule has 1 aliphatic heterocycles. The van der Waals surface area contributed by atoms with Gasteiger partial charge in [0.1, 0.15) is 5.75 Å². The second kappa shape index (κ2) is 9.59. The van der Waals surface area contributed by atoms with Crippen LogP contribution in [0.4, 0.5) is 4.39 Å². The quantitative estimate of drug-likeness (QED) is 0.569. The van der Waals surface area contributed by atoms with E-state index in [-0.39, 0.29) is 17.7 Å². The van der Waals surface area contributed by atoms with Crippen LogP contribution in [-0.4, -0.2) is 64.7 Å². The number of amides is 3. The Hall–Kier alpha value is -3.75. The van der Waals surface area contributed by atoms with Gasteiger partial charge in [0.15, 0.2) is 11.6 Å². The third-order valence-corrected chi connectivity index (χ3v) is 5.22. The molecular weight excluding hydrogens is 415 g/mol. The van der Waals surface area contributed by atoms with Gasteiger partial charge in [0.05, 0.1) is 6.20 Å². The van der Waals surface area contributed by atoms with Gasteiger partial charge in [-0.1, -0.05) is 6.07 Å². The van der Waals surface area contributed by atoms with Crippen LogP contribution in [0.3, 0.4) is 0 Å². The van der Waals surface area contributed by atoms with Crippen molar-refractivity contribution in [1.82, 2.24) is 20.1 Å². The molecule has 0 bridgehead atoms. The van der Waals surface area contributed by atoms with E-state index in [1.807, 2.05) is 0 Å². The van der Waals surface area contributed by atoms with E-state index in [1.54, 1.807) is 29.3 Å². The highest BCUT2D eigenvalue weighted by Crippen LogP contribution is 2.25. The van der Waals surface area contributed by atoms with Gasteiger partial charge in [-0.05, 0) is 48.7 Å². The van der Waals surface area contributed by atoms with Crippen LogP contribution in [0.2, 0.25) is 0 Å². The number of benzene rings is 1. The Balaban J connectivity index is 1.28. The van der Waals surface area contributed by atoms with E-state index in [2.05, 4.69) is 10.3 Å². The van der Waals surface area contributed by atoms with Crippen LogP contribution in [0, 0.1) is 5.82 Å². The lowest BCUT2D eigenvalue weighted by atomic mass is 10.2. The Morgan fingerprint density at radius 1 is 1.09 bits per heavy atom. The molecule has 1 aromatic heterocycles. The number of carbonyl (C=O) groups excluding carboxylic acids is 3. The highest BCUT2D eigenvalue weighted by molar-refractivity contribution is 6.35. The first-order chi connectivity index (χ1) is 15.5. The molecule has 32 heavy (non-hydrogen) atoms. The SMILES string of the molecule is O=C(NC1CC1)C(=O)N1CCN(C(=O)/C=C/c2ccc(Oc3cccnc3)c(F)c2)CC1. The van der Waals surface area contributed by atoms with Crippen LogP contribution < -0.4 is 10.1 Å². The first-order valence-corrected chi connectivity index (χ1v) is 10.4. The lowest BCUT2D eigenvalue weighted by Crippen LogP contribution is -2.53. The molecule has 2 heterocycles. The van der Waals surface area contributed by atoms with Crippen molar-refractivity contribution >= 4 is 23.8 Å². The number of aromatic nitrogens is 1. The largest absolute Gasteiger partial charge is 0.453 e. The summed E-state index contributed by atoms with van der Waals surface area (Å²) in [7, 11) is 0. The Labute approximate surface area is 184 Å². The van der Waals surface area contributed by atoms with E-state index in [4.69, 9.17) is 4.74 Å². The molecule has 2 fully saturated rings. The molecule has 0 atom stereocenters. The number of nitrogens with zero attached hydrogens (tertiary/aromatic N) is 3. The zero-order valence-corrected chi connectivity index (χ0v) is 17.4. The average molecular weight is 438 g/mol. The molecule has 1 aliphatic carbocycles. The third kappa shape index (κ3) is 5.48. The third-order valence-electron chi connectivity index (χ3n) is 5.22. The van der Waals surface area contributed by atoms with Gasteiger partial charge in [-0.2, -0.15) is 0 Å². The van der Waals surface area contributed by atoms with Gasteiger partial charge in [0.2, 0.25) is 5.91 Å². The van der Waals surface area contributed by atoms with Gasteiger partial charge in [-0.15, -0.1) is 0 Å². The van der Waals surface area contributed by atoms with Crippen molar-refractivity contribution in [2.24, 2.45) is 0 Å². The molecule has 2 aliphatic rings. The molecular formula is C23H23FN4O4. The summed E-state index contributed by atoms with van der Waals surface area (Å²) >= 11 is 0. The highest BCUT2D eigenvalue weighted by Gasteiger charge is 2.31. The fourth-order valence-corrected chi connectivity index (χ4v) is 3.26. The molecule has 2 aromatic rings. The molecule has 0 unspecified atom stereocenters. The standard InChI is InChI=1S/C23H23FN4O4/c24-19-14-16(3-7-20(19)32-18-2-1-9-25-15-18)4-8-21(29)27-10-12-28(13-11-27)23(31)22(30)26-17-5-6-17/h1-4,7-9,14-15,17H,5-6,10-13H2,(H,26,30)/b8-4+. The lowest BCUT2D eigenvalue weighted by molar-refractivity contribution is -0.148. The van der Waals surface area contributed by atoms with Crippen LogP contribution >= 0.6 is 0 Å². The number of carbonyl (C=O) groups is 3. The maximum Gasteiger partial charge on any atom is 0.312 e. The van der Waals surface area contributed by atoms with E-state index in [9.17, 15) is 18.8 Å². The number of nitrogens with one attached hydrogen (secondary N) is 1. The summed E-state index contributed by atoms with van der Waals surface area (Å²) in [6.07, 6.45) is 7.81.